The Morgan fingerprint density at radius 3 is 1.97 bits per heavy atom. The molecule has 2 aromatic carbocycles. The summed E-state index contributed by atoms with van der Waals surface area (Å²) in [6.07, 6.45) is 17.0. The van der Waals surface area contributed by atoms with Gasteiger partial charge in [-0.2, -0.15) is 0 Å². The third-order valence-electron chi connectivity index (χ3n) is 7.81. The highest BCUT2D eigenvalue weighted by atomic mass is 19.1. The summed E-state index contributed by atoms with van der Waals surface area (Å²) in [6, 6.07) is 9.35. The third-order valence-corrected chi connectivity index (χ3v) is 7.81. The Hall–Kier alpha value is -3.22. The second-order valence-corrected chi connectivity index (χ2v) is 10.3. The molecule has 2 unspecified atom stereocenters. The third kappa shape index (κ3) is 5.92. The molecular weight excluding hydrogens is 482 g/mol. The molecule has 2 N–H and O–H groups in total. The minimum Gasteiger partial charge on any atom is -0.382 e. The van der Waals surface area contributed by atoms with Crippen LogP contribution in [0.15, 0.2) is 77.0 Å². The van der Waals surface area contributed by atoms with Crippen LogP contribution in [0, 0.1) is 11.6 Å². The zero-order chi connectivity index (χ0) is 26.5. The predicted octanol–water partition coefficient (Wildman–Crippen LogP) is 7.91. The van der Waals surface area contributed by atoms with Crippen molar-refractivity contribution in [1.29, 1.82) is 0 Å². The van der Waals surface area contributed by atoms with Crippen LogP contribution in [-0.2, 0) is 0 Å². The first-order chi connectivity index (χ1) is 18.5. The van der Waals surface area contributed by atoms with Crippen molar-refractivity contribution in [3.05, 3.63) is 101 Å². The minimum absolute atomic E-state index is 0. The molecule has 2 heterocycles. The lowest BCUT2D eigenvalue weighted by Crippen LogP contribution is -2.13. The van der Waals surface area contributed by atoms with Crippen LogP contribution in [0.5, 0.6) is 0 Å². The predicted molar refractivity (Wildman–Crippen MR) is 150 cm³/mol. The fourth-order valence-corrected chi connectivity index (χ4v) is 5.82. The molecule has 2 atom stereocenters. The fraction of sp³-hybridized carbons (Fsp3) is 0.375. The first-order valence-electron chi connectivity index (χ1n) is 13.6. The Balaban J connectivity index is 0.000000176. The number of allylic oxidation sites excluding steroid dienone is 4. The number of halogens is 2. The van der Waals surface area contributed by atoms with Gasteiger partial charge in [-0.05, 0) is 90.1 Å². The molecular formula is C32H36F2N2O2. The van der Waals surface area contributed by atoms with Gasteiger partial charge in [-0.3, -0.25) is 9.98 Å². The molecule has 2 aromatic rings. The van der Waals surface area contributed by atoms with Crippen molar-refractivity contribution >= 4 is 17.0 Å². The number of nitrogens with zero attached hydrogens (tertiary/aromatic N) is 2. The van der Waals surface area contributed by atoms with E-state index in [0.717, 1.165) is 71.4 Å². The van der Waals surface area contributed by atoms with Crippen molar-refractivity contribution in [1.82, 2.24) is 0 Å². The van der Waals surface area contributed by atoms with E-state index >= 15 is 0 Å². The molecule has 1 saturated carbocycles. The molecule has 0 saturated heterocycles. The first-order valence-corrected chi connectivity index (χ1v) is 13.6. The lowest BCUT2D eigenvalue weighted by Gasteiger charge is -2.20. The number of aliphatic hydroxyl groups excluding tert-OH is 2. The van der Waals surface area contributed by atoms with Gasteiger partial charge in [0.2, 0.25) is 0 Å². The zero-order valence-corrected chi connectivity index (χ0v) is 21.5. The highest BCUT2D eigenvalue weighted by Gasteiger charge is 2.26. The highest BCUT2D eigenvalue weighted by molar-refractivity contribution is 5.94. The molecule has 4 aliphatic rings. The maximum atomic E-state index is 13.5. The average molecular weight is 519 g/mol. The van der Waals surface area contributed by atoms with Gasteiger partial charge in [-0.15, -0.1) is 0 Å². The van der Waals surface area contributed by atoms with Crippen molar-refractivity contribution in [3.63, 3.8) is 0 Å². The Morgan fingerprint density at radius 1 is 0.789 bits per heavy atom. The number of benzene rings is 2. The fourth-order valence-electron chi connectivity index (χ4n) is 5.82. The molecule has 0 bridgehead atoms. The summed E-state index contributed by atoms with van der Waals surface area (Å²) in [7, 11) is 0. The van der Waals surface area contributed by atoms with Gasteiger partial charge >= 0.3 is 0 Å². The van der Waals surface area contributed by atoms with E-state index < -0.39 is 12.2 Å². The monoisotopic (exact) mass is 518 g/mol. The Kier molecular flexibility index (Phi) is 8.40. The molecule has 200 valence electrons. The molecule has 38 heavy (non-hydrogen) atoms. The van der Waals surface area contributed by atoms with Gasteiger partial charge in [0.1, 0.15) is 23.8 Å². The Morgan fingerprint density at radius 2 is 1.39 bits per heavy atom. The highest BCUT2D eigenvalue weighted by Crippen LogP contribution is 2.39. The van der Waals surface area contributed by atoms with Gasteiger partial charge in [0.25, 0.3) is 0 Å². The van der Waals surface area contributed by atoms with Crippen LogP contribution in [0.1, 0.15) is 99.6 Å². The maximum Gasteiger partial charge on any atom is 0.123 e. The quantitative estimate of drug-likeness (QED) is 0.408. The molecule has 0 radical (unpaired) electrons. The number of aliphatic hydroxyl groups is 2. The summed E-state index contributed by atoms with van der Waals surface area (Å²) in [5.74, 6) is -0.0927. The van der Waals surface area contributed by atoms with E-state index in [2.05, 4.69) is 16.1 Å². The van der Waals surface area contributed by atoms with Gasteiger partial charge in [0.15, 0.2) is 0 Å². The van der Waals surface area contributed by atoms with Crippen LogP contribution in [0.25, 0.3) is 5.57 Å². The smallest absolute Gasteiger partial charge is 0.123 e. The number of rotatable bonds is 6. The molecule has 0 aromatic heterocycles. The van der Waals surface area contributed by atoms with E-state index in [4.69, 9.17) is 0 Å². The molecule has 4 nitrogen and oxygen atoms in total. The topological polar surface area (TPSA) is 65.2 Å². The normalized spacial score (nSPS) is 20.2. The van der Waals surface area contributed by atoms with Gasteiger partial charge in [-0.25, -0.2) is 8.78 Å². The summed E-state index contributed by atoms with van der Waals surface area (Å²) < 4.78 is 27.0. The van der Waals surface area contributed by atoms with Gasteiger partial charge < -0.3 is 10.2 Å². The van der Waals surface area contributed by atoms with Crippen LogP contribution in [0.3, 0.4) is 0 Å². The molecule has 0 amide bonds. The molecule has 2 aliphatic heterocycles. The van der Waals surface area contributed by atoms with E-state index in [0.29, 0.717) is 18.8 Å². The van der Waals surface area contributed by atoms with E-state index in [1.165, 1.54) is 31.0 Å². The molecule has 0 spiro atoms. The van der Waals surface area contributed by atoms with E-state index in [1.807, 2.05) is 12.2 Å². The van der Waals surface area contributed by atoms with E-state index in [9.17, 15) is 19.0 Å². The van der Waals surface area contributed by atoms with Crippen molar-refractivity contribution in [2.75, 3.05) is 0 Å². The van der Waals surface area contributed by atoms with Gasteiger partial charge in [0.05, 0.1) is 11.4 Å². The summed E-state index contributed by atoms with van der Waals surface area (Å²) >= 11 is 0. The van der Waals surface area contributed by atoms with Crippen LogP contribution in [0.4, 0.5) is 8.78 Å². The zero-order valence-electron chi connectivity index (χ0n) is 21.5. The summed E-state index contributed by atoms with van der Waals surface area (Å²) in [5.41, 5.74) is 6.02. The Labute approximate surface area is 224 Å². The van der Waals surface area contributed by atoms with Gasteiger partial charge in [-0.1, -0.05) is 43.2 Å². The Bertz CT molecular complexity index is 1330. The summed E-state index contributed by atoms with van der Waals surface area (Å²) in [4.78, 5) is 8.37. The number of hydrogen-bond donors (Lipinski definition) is 2. The second-order valence-electron chi connectivity index (χ2n) is 10.3. The molecule has 6 rings (SSSR count). The molecule has 1 fully saturated rings. The standard InChI is InChI=1S/C16H18FNO.C16H16FNO.H2/c2*17-12-7-8-13(16(19)15-6-3-9-18-15)14(10-12)11-4-1-2-5-11;/h3,7-11,16,19H,1-2,4-6H2;3-4,7-10,16,19H,1-2,5-6H2;1H. The lowest BCUT2D eigenvalue weighted by atomic mass is 9.88. The van der Waals surface area contributed by atoms with E-state index in [1.54, 1.807) is 30.6 Å². The maximum absolute atomic E-state index is 13.5. The minimum atomic E-state index is -0.743. The SMILES string of the molecule is OC(C1=NC=CC1)c1ccc(F)cc1C1=CCCC1.OC(C1=NC=CC1)c1ccc(F)cc1C1CCCC1.[HH]. The first kappa shape index (κ1) is 26.4. The van der Waals surface area contributed by atoms with Crippen molar-refractivity contribution in [3.8, 4) is 0 Å². The largest absolute Gasteiger partial charge is 0.382 e. The van der Waals surface area contributed by atoms with Gasteiger partial charge in [0, 0.05) is 26.7 Å². The second kappa shape index (κ2) is 12.1. The van der Waals surface area contributed by atoms with E-state index in [-0.39, 0.29) is 13.1 Å². The molecule has 6 heteroatoms. The van der Waals surface area contributed by atoms with Crippen LogP contribution < -0.4 is 0 Å². The van der Waals surface area contributed by atoms with Crippen molar-refractivity contribution in [2.45, 2.75) is 75.9 Å². The lowest BCUT2D eigenvalue weighted by molar-refractivity contribution is 0.244. The summed E-state index contributed by atoms with van der Waals surface area (Å²) in [6.45, 7) is 0. The number of hydrogen-bond acceptors (Lipinski definition) is 4. The van der Waals surface area contributed by atoms with Crippen LogP contribution in [0.2, 0.25) is 0 Å². The van der Waals surface area contributed by atoms with Crippen LogP contribution in [-0.4, -0.2) is 21.6 Å². The molecule has 2 aliphatic carbocycles. The van der Waals surface area contributed by atoms with Crippen LogP contribution >= 0.6 is 0 Å². The van der Waals surface area contributed by atoms with Crippen molar-refractivity contribution < 1.29 is 20.4 Å². The number of aliphatic imine (C=N–C) groups is 2. The van der Waals surface area contributed by atoms with Crippen molar-refractivity contribution in [2.24, 2.45) is 9.98 Å². The average Bonchev–Trinajstić information content (AvgIpc) is 3.76. The summed E-state index contributed by atoms with van der Waals surface area (Å²) in [5, 5.41) is 20.9.